The van der Waals surface area contributed by atoms with E-state index in [2.05, 4.69) is 0 Å². The molecular formula is C22H20O6. The molecule has 1 heterocycles. The van der Waals surface area contributed by atoms with Gasteiger partial charge in [-0.1, -0.05) is 24.3 Å². The molecule has 3 aliphatic rings. The zero-order valence-electron chi connectivity index (χ0n) is 15.3. The summed E-state index contributed by atoms with van der Waals surface area (Å²) in [5.41, 5.74) is -0.564. The topological polar surface area (TPSA) is 93.1 Å². The third kappa shape index (κ3) is 2.49. The van der Waals surface area contributed by atoms with Gasteiger partial charge in [0.15, 0.2) is 17.9 Å². The maximum absolute atomic E-state index is 13.2. The number of aliphatic hydroxyl groups is 2. The van der Waals surface area contributed by atoms with E-state index in [1.807, 2.05) is 24.3 Å². The lowest BCUT2D eigenvalue weighted by Gasteiger charge is -2.41. The van der Waals surface area contributed by atoms with Crippen LogP contribution in [0.3, 0.4) is 0 Å². The summed E-state index contributed by atoms with van der Waals surface area (Å²) < 4.78 is 11.0. The fourth-order valence-corrected chi connectivity index (χ4v) is 4.59. The molecule has 6 heteroatoms. The molecule has 0 amide bonds. The number of ether oxygens (including phenoxy) is 2. The quantitative estimate of drug-likeness (QED) is 0.788. The molecule has 0 radical (unpaired) electrons. The van der Waals surface area contributed by atoms with Crippen molar-refractivity contribution in [1.82, 2.24) is 0 Å². The van der Waals surface area contributed by atoms with Gasteiger partial charge >= 0.3 is 0 Å². The van der Waals surface area contributed by atoms with E-state index >= 15 is 0 Å². The van der Waals surface area contributed by atoms with Crippen LogP contribution in [-0.2, 0) is 9.47 Å². The van der Waals surface area contributed by atoms with Crippen molar-refractivity contribution >= 4 is 22.3 Å². The lowest BCUT2D eigenvalue weighted by atomic mass is 9.69. The first-order valence-electron chi connectivity index (χ1n) is 9.40. The van der Waals surface area contributed by atoms with Crippen LogP contribution in [-0.4, -0.2) is 52.5 Å². The summed E-state index contributed by atoms with van der Waals surface area (Å²) in [6.07, 6.45) is -2.47. The molecule has 0 aromatic heterocycles. The number of aliphatic hydroxyl groups excluding tert-OH is 1. The number of Topliss-reactive ketones (excluding diaryl/α,β-unsaturated/α-hetero) is 2. The summed E-state index contributed by atoms with van der Waals surface area (Å²) in [6.45, 7) is 1.90. The van der Waals surface area contributed by atoms with Crippen LogP contribution in [0, 0.1) is 0 Å². The standard InChI is InChI=1S/C22H20O6/c1-11-27-10-18(28-11)22(26)8-16-19(17(23)9-22)21(25)15-7-13-5-3-2-4-12(13)6-14(15)20(16)24/h2-7,11,17-18,23,26H,8-10H2,1H3/t11-,17?,18+,22?/m0/s1. The molecule has 2 aromatic carbocycles. The molecule has 144 valence electrons. The fraction of sp³-hybridized carbons (Fsp3) is 0.364. The predicted octanol–water partition coefficient (Wildman–Crippen LogP) is 2.16. The van der Waals surface area contributed by atoms with E-state index in [0.29, 0.717) is 11.1 Å². The Kier molecular flexibility index (Phi) is 3.83. The fourth-order valence-electron chi connectivity index (χ4n) is 4.59. The average Bonchev–Trinajstić information content (AvgIpc) is 3.12. The molecule has 6 nitrogen and oxygen atoms in total. The minimum atomic E-state index is -1.46. The molecule has 2 aliphatic carbocycles. The van der Waals surface area contributed by atoms with E-state index in [1.165, 1.54) is 0 Å². The van der Waals surface area contributed by atoms with E-state index in [-0.39, 0.29) is 42.2 Å². The molecule has 5 rings (SSSR count). The number of hydrogen-bond donors (Lipinski definition) is 2. The number of hydrogen-bond acceptors (Lipinski definition) is 6. The van der Waals surface area contributed by atoms with Gasteiger partial charge in [-0.05, 0) is 29.8 Å². The van der Waals surface area contributed by atoms with Crippen molar-refractivity contribution in [3.63, 3.8) is 0 Å². The number of carbonyl (C=O) groups is 2. The van der Waals surface area contributed by atoms with Gasteiger partial charge in [0.25, 0.3) is 0 Å². The second kappa shape index (κ2) is 6.06. The lowest BCUT2D eigenvalue weighted by molar-refractivity contribution is -0.126. The second-order valence-electron chi connectivity index (χ2n) is 7.82. The van der Waals surface area contributed by atoms with Crippen LogP contribution in [0.5, 0.6) is 0 Å². The van der Waals surface area contributed by atoms with Gasteiger partial charge in [0, 0.05) is 35.1 Å². The number of ketones is 2. The summed E-state index contributed by atoms with van der Waals surface area (Å²) in [6, 6.07) is 10.9. The highest BCUT2D eigenvalue weighted by Gasteiger charge is 2.51. The maximum Gasteiger partial charge on any atom is 0.192 e. The first-order chi connectivity index (χ1) is 13.4. The second-order valence-corrected chi connectivity index (χ2v) is 7.82. The Balaban J connectivity index is 1.60. The molecular weight excluding hydrogens is 360 g/mol. The van der Waals surface area contributed by atoms with E-state index in [4.69, 9.17) is 9.47 Å². The van der Waals surface area contributed by atoms with E-state index < -0.39 is 24.1 Å². The molecule has 2 aromatic rings. The Hall–Kier alpha value is -2.38. The zero-order valence-corrected chi connectivity index (χ0v) is 15.3. The van der Waals surface area contributed by atoms with Crippen molar-refractivity contribution < 1.29 is 29.3 Å². The summed E-state index contributed by atoms with van der Waals surface area (Å²) >= 11 is 0. The Morgan fingerprint density at radius 1 is 1.07 bits per heavy atom. The highest BCUT2D eigenvalue weighted by atomic mass is 16.7. The minimum Gasteiger partial charge on any atom is -0.388 e. The Morgan fingerprint density at radius 3 is 2.32 bits per heavy atom. The van der Waals surface area contributed by atoms with Crippen molar-refractivity contribution in [2.75, 3.05) is 6.61 Å². The molecule has 2 unspecified atom stereocenters. The molecule has 28 heavy (non-hydrogen) atoms. The van der Waals surface area contributed by atoms with Gasteiger partial charge in [-0.15, -0.1) is 0 Å². The third-order valence-corrected chi connectivity index (χ3v) is 6.02. The van der Waals surface area contributed by atoms with Gasteiger partial charge in [-0.3, -0.25) is 9.59 Å². The Labute approximate surface area is 161 Å². The molecule has 0 saturated carbocycles. The van der Waals surface area contributed by atoms with Crippen LogP contribution in [0.1, 0.15) is 40.5 Å². The summed E-state index contributed by atoms with van der Waals surface area (Å²) in [4.78, 5) is 26.4. The summed E-state index contributed by atoms with van der Waals surface area (Å²) in [5.74, 6) is -0.665. The van der Waals surface area contributed by atoms with Crippen LogP contribution < -0.4 is 0 Å². The van der Waals surface area contributed by atoms with Crippen molar-refractivity contribution in [2.24, 2.45) is 0 Å². The van der Waals surface area contributed by atoms with Crippen LogP contribution in [0.25, 0.3) is 10.8 Å². The van der Waals surface area contributed by atoms with Crippen molar-refractivity contribution in [3.8, 4) is 0 Å². The highest BCUT2D eigenvalue weighted by molar-refractivity contribution is 6.28. The minimum absolute atomic E-state index is 0.0447. The first-order valence-corrected chi connectivity index (χ1v) is 9.40. The number of fused-ring (bicyclic) bond motifs is 2. The molecule has 2 N–H and O–H groups in total. The maximum atomic E-state index is 13.2. The summed E-state index contributed by atoms with van der Waals surface area (Å²) in [7, 11) is 0. The van der Waals surface area contributed by atoms with Gasteiger partial charge in [-0.25, -0.2) is 0 Å². The highest BCUT2D eigenvalue weighted by Crippen LogP contribution is 2.43. The van der Waals surface area contributed by atoms with Gasteiger partial charge in [0.2, 0.25) is 0 Å². The average molecular weight is 380 g/mol. The van der Waals surface area contributed by atoms with Gasteiger partial charge in [0.1, 0.15) is 11.7 Å². The van der Waals surface area contributed by atoms with E-state index in [0.717, 1.165) is 10.8 Å². The predicted molar refractivity (Wildman–Crippen MR) is 100 cm³/mol. The summed E-state index contributed by atoms with van der Waals surface area (Å²) in [5, 5.41) is 23.6. The molecule has 1 aliphatic heterocycles. The molecule has 1 saturated heterocycles. The van der Waals surface area contributed by atoms with Crippen LogP contribution in [0.4, 0.5) is 0 Å². The van der Waals surface area contributed by atoms with Crippen molar-refractivity contribution in [2.45, 2.75) is 43.9 Å². The normalized spacial score (nSPS) is 32.6. The number of benzene rings is 2. The Bertz CT molecular complexity index is 1050. The van der Waals surface area contributed by atoms with Crippen molar-refractivity contribution in [3.05, 3.63) is 58.7 Å². The lowest BCUT2D eigenvalue weighted by Crippen LogP contribution is -2.52. The monoisotopic (exact) mass is 380 g/mol. The molecule has 0 bridgehead atoms. The first kappa shape index (κ1) is 17.7. The third-order valence-electron chi connectivity index (χ3n) is 6.02. The van der Waals surface area contributed by atoms with Crippen LogP contribution in [0.15, 0.2) is 47.5 Å². The van der Waals surface area contributed by atoms with Crippen LogP contribution in [0.2, 0.25) is 0 Å². The smallest absolute Gasteiger partial charge is 0.192 e. The van der Waals surface area contributed by atoms with Crippen molar-refractivity contribution in [1.29, 1.82) is 0 Å². The van der Waals surface area contributed by atoms with E-state index in [1.54, 1.807) is 19.1 Å². The van der Waals surface area contributed by atoms with E-state index in [9.17, 15) is 19.8 Å². The van der Waals surface area contributed by atoms with Gasteiger partial charge in [0.05, 0.1) is 12.7 Å². The number of carbonyl (C=O) groups excluding carboxylic acids is 2. The van der Waals surface area contributed by atoms with Gasteiger partial charge < -0.3 is 19.7 Å². The molecule has 0 spiro atoms. The van der Waals surface area contributed by atoms with Crippen LogP contribution >= 0.6 is 0 Å². The largest absolute Gasteiger partial charge is 0.388 e. The Morgan fingerprint density at radius 2 is 1.71 bits per heavy atom. The SMILES string of the molecule is C[C@H]1OC[C@H](C2(O)CC3=C(C(=O)c4cc5ccccc5cc4C3=O)C(O)C2)O1. The van der Waals surface area contributed by atoms with Gasteiger partial charge in [-0.2, -0.15) is 0 Å². The zero-order chi connectivity index (χ0) is 19.6. The molecule has 4 atom stereocenters. The molecule has 1 fully saturated rings. The number of rotatable bonds is 1.